The number of hydrogen-bond acceptors (Lipinski definition) is 8. The molecule has 2 amide bonds. The zero-order valence-electron chi connectivity index (χ0n) is 22.5. The summed E-state index contributed by atoms with van der Waals surface area (Å²) in [6.45, 7) is 18.2. The Morgan fingerprint density at radius 3 is 1.42 bits per heavy atom. The van der Waals surface area contributed by atoms with Gasteiger partial charge in [-0.1, -0.05) is 19.6 Å². The second kappa shape index (κ2) is 13.9. The molecule has 0 heterocycles. The van der Waals surface area contributed by atoms with Crippen molar-refractivity contribution in [3.8, 4) is 0 Å². The van der Waals surface area contributed by atoms with E-state index in [1.807, 2.05) is 27.7 Å². The molecular formula is C26H42N2O8. The molecule has 2 atom stereocenters. The Hall–Kier alpha value is -3.04. The van der Waals surface area contributed by atoms with Crippen LogP contribution in [0.2, 0.25) is 0 Å². The first kappa shape index (κ1) is 31.0. The van der Waals surface area contributed by atoms with Crippen molar-refractivity contribution >= 4 is 24.1 Å². The Labute approximate surface area is 214 Å². The van der Waals surface area contributed by atoms with E-state index in [2.05, 4.69) is 23.8 Å². The Bertz CT molecular complexity index is 768. The second-order valence-corrected chi connectivity index (χ2v) is 10.1. The van der Waals surface area contributed by atoms with Crippen LogP contribution < -0.4 is 10.6 Å². The first-order valence-corrected chi connectivity index (χ1v) is 12.3. The third-order valence-corrected chi connectivity index (χ3v) is 6.45. The number of hydrogen-bond donors (Lipinski definition) is 2. The lowest BCUT2D eigenvalue weighted by Crippen LogP contribution is -2.55. The van der Waals surface area contributed by atoms with Gasteiger partial charge in [-0.2, -0.15) is 0 Å². The molecule has 10 nitrogen and oxygen atoms in total. The van der Waals surface area contributed by atoms with E-state index in [0.717, 1.165) is 25.7 Å². The summed E-state index contributed by atoms with van der Waals surface area (Å²) >= 11 is 0. The van der Waals surface area contributed by atoms with Crippen LogP contribution in [-0.4, -0.2) is 61.6 Å². The van der Waals surface area contributed by atoms with E-state index in [9.17, 15) is 19.2 Å². The molecule has 2 N–H and O–H groups in total. The zero-order chi connectivity index (χ0) is 27.5. The maximum Gasteiger partial charge on any atom is 0.407 e. The van der Waals surface area contributed by atoms with Gasteiger partial charge in [0.2, 0.25) is 0 Å². The highest BCUT2D eigenvalue weighted by atomic mass is 16.6. The quantitative estimate of drug-likeness (QED) is 0.229. The first-order chi connectivity index (χ1) is 16.7. The Kier molecular flexibility index (Phi) is 12.0. The van der Waals surface area contributed by atoms with Gasteiger partial charge in [-0.25, -0.2) is 19.2 Å². The topological polar surface area (TPSA) is 129 Å². The number of alkyl carbamates (subject to hydrolysis) is 2. The second-order valence-electron chi connectivity index (χ2n) is 10.1. The highest BCUT2D eigenvalue weighted by molar-refractivity contribution is 5.88. The fourth-order valence-electron chi connectivity index (χ4n) is 4.19. The van der Waals surface area contributed by atoms with E-state index in [1.165, 1.54) is 0 Å². The van der Waals surface area contributed by atoms with E-state index in [1.54, 1.807) is 13.8 Å². The molecule has 0 radical (unpaired) electrons. The fourth-order valence-corrected chi connectivity index (χ4v) is 4.19. The number of esters is 2. The van der Waals surface area contributed by atoms with Crippen LogP contribution >= 0.6 is 0 Å². The van der Waals surface area contributed by atoms with Crippen molar-refractivity contribution in [3.63, 3.8) is 0 Å². The maximum absolute atomic E-state index is 12.4. The molecule has 0 bridgehead atoms. The highest BCUT2D eigenvalue weighted by Gasteiger charge is 2.41. The molecule has 1 aliphatic rings. The van der Waals surface area contributed by atoms with Gasteiger partial charge in [0.15, 0.2) is 0 Å². The highest BCUT2D eigenvalue weighted by Crippen LogP contribution is 2.40. The van der Waals surface area contributed by atoms with E-state index < -0.39 is 35.2 Å². The van der Waals surface area contributed by atoms with Gasteiger partial charge in [-0.05, 0) is 72.6 Å². The largest absolute Gasteiger partial charge is 0.463 e. The molecule has 0 aromatic heterocycles. The van der Waals surface area contributed by atoms with Crippen molar-refractivity contribution in [3.05, 3.63) is 24.3 Å². The summed E-state index contributed by atoms with van der Waals surface area (Å²) < 4.78 is 20.0. The van der Waals surface area contributed by atoms with Gasteiger partial charge in [0.05, 0.1) is 24.4 Å². The Morgan fingerprint density at radius 2 is 1.08 bits per heavy atom. The molecule has 36 heavy (non-hydrogen) atoms. The minimum Gasteiger partial charge on any atom is -0.463 e. The normalized spacial score (nSPS) is 17.8. The van der Waals surface area contributed by atoms with Crippen molar-refractivity contribution < 1.29 is 38.1 Å². The van der Waals surface area contributed by atoms with E-state index in [0.29, 0.717) is 0 Å². The van der Waals surface area contributed by atoms with Crippen LogP contribution in [0.4, 0.5) is 9.59 Å². The van der Waals surface area contributed by atoms with Crippen LogP contribution in [0.15, 0.2) is 24.3 Å². The van der Waals surface area contributed by atoms with Crippen LogP contribution in [0, 0.1) is 11.8 Å². The van der Waals surface area contributed by atoms with Gasteiger partial charge in [0.1, 0.15) is 13.2 Å². The Balaban J connectivity index is 2.63. The average Bonchev–Trinajstić information content (AvgIpc) is 2.80. The van der Waals surface area contributed by atoms with Crippen molar-refractivity contribution in [2.24, 2.45) is 11.8 Å². The van der Waals surface area contributed by atoms with Gasteiger partial charge in [-0.3, -0.25) is 0 Å². The lowest BCUT2D eigenvalue weighted by molar-refractivity contribution is -0.139. The molecule has 0 aromatic carbocycles. The monoisotopic (exact) mass is 510 g/mol. The molecule has 1 saturated carbocycles. The van der Waals surface area contributed by atoms with Gasteiger partial charge in [-0.15, -0.1) is 0 Å². The molecule has 1 fully saturated rings. The molecule has 2 unspecified atom stereocenters. The molecule has 10 heteroatoms. The maximum atomic E-state index is 12.4. The van der Waals surface area contributed by atoms with Gasteiger partial charge in [0, 0.05) is 11.1 Å². The van der Waals surface area contributed by atoms with Crippen molar-refractivity contribution in [2.45, 2.75) is 78.3 Å². The summed E-state index contributed by atoms with van der Waals surface area (Å²) in [5, 5.41) is 5.80. The number of ether oxygens (including phenoxy) is 4. The molecule has 1 aliphatic carbocycles. The predicted molar refractivity (Wildman–Crippen MR) is 134 cm³/mol. The molecule has 0 aliphatic heterocycles. The van der Waals surface area contributed by atoms with Crippen LogP contribution in [0.1, 0.15) is 67.2 Å². The van der Waals surface area contributed by atoms with Crippen LogP contribution in [0.25, 0.3) is 0 Å². The SMILES string of the molecule is C=C(COC(=O)NC(C)(C)C1CCCC(C(C)(C)NC(=O)OCC(=C)C(=O)OCC)C1)C(=O)OCC. The van der Waals surface area contributed by atoms with Gasteiger partial charge in [0.25, 0.3) is 0 Å². The lowest BCUT2D eigenvalue weighted by atomic mass is 9.67. The lowest BCUT2D eigenvalue weighted by Gasteiger charge is -2.45. The minimum absolute atomic E-state index is 0.0630. The molecule has 204 valence electrons. The summed E-state index contributed by atoms with van der Waals surface area (Å²) in [5.74, 6) is -0.952. The molecule has 0 aromatic rings. The fraction of sp³-hybridized carbons (Fsp3) is 0.692. The Morgan fingerprint density at radius 1 is 0.722 bits per heavy atom. The third-order valence-electron chi connectivity index (χ3n) is 6.45. The van der Waals surface area contributed by atoms with Crippen LogP contribution in [0.3, 0.4) is 0 Å². The van der Waals surface area contributed by atoms with E-state index in [-0.39, 0.29) is 49.4 Å². The zero-order valence-corrected chi connectivity index (χ0v) is 22.5. The third kappa shape index (κ3) is 9.91. The summed E-state index contributed by atoms with van der Waals surface area (Å²) in [6.07, 6.45) is 2.20. The molecule has 1 rings (SSSR count). The number of amides is 2. The van der Waals surface area contributed by atoms with Gasteiger partial charge >= 0.3 is 24.1 Å². The minimum atomic E-state index is -0.643. The number of carbonyl (C=O) groups is 4. The smallest absolute Gasteiger partial charge is 0.407 e. The number of carbonyl (C=O) groups excluding carboxylic acids is 4. The van der Waals surface area contributed by atoms with E-state index >= 15 is 0 Å². The van der Waals surface area contributed by atoms with Gasteiger partial charge < -0.3 is 29.6 Å². The predicted octanol–water partition coefficient (Wildman–Crippen LogP) is 4.04. The van der Waals surface area contributed by atoms with Crippen LogP contribution in [-0.2, 0) is 28.5 Å². The number of rotatable bonds is 12. The summed E-state index contributed by atoms with van der Waals surface area (Å²) in [5.41, 5.74) is -1.05. The molecule has 0 saturated heterocycles. The summed E-state index contributed by atoms with van der Waals surface area (Å²) in [4.78, 5) is 48.0. The first-order valence-electron chi connectivity index (χ1n) is 12.3. The molecular weight excluding hydrogens is 468 g/mol. The standard InChI is InChI=1S/C26H42N2O8/c1-9-33-21(29)17(3)15-35-23(31)27-25(5,6)19-12-11-13-20(14-19)26(7,8)28-24(32)36-16-18(4)22(30)34-10-2/h19-20H,3-4,9-16H2,1-2,5-8H3,(H,27,31)(H,28,32). The van der Waals surface area contributed by atoms with Crippen molar-refractivity contribution in [1.82, 2.24) is 10.6 Å². The van der Waals surface area contributed by atoms with Crippen LogP contribution in [0.5, 0.6) is 0 Å². The number of nitrogens with one attached hydrogen (secondary N) is 2. The average molecular weight is 511 g/mol. The van der Waals surface area contributed by atoms with Crippen molar-refractivity contribution in [1.29, 1.82) is 0 Å². The van der Waals surface area contributed by atoms with E-state index in [4.69, 9.17) is 18.9 Å². The summed E-state index contributed by atoms with van der Waals surface area (Å²) in [7, 11) is 0. The summed E-state index contributed by atoms with van der Waals surface area (Å²) in [6, 6.07) is 0. The molecule has 0 spiro atoms. The van der Waals surface area contributed by atoms with Crippen molar-refractivity contribution in [2.75, 3.05) is 26.4 Å².